The summed E-state index contributed by atoms with van der Waals surface area (Å²) in [4.78, 5) is 18.3. The number of rotatable bonds is 4. The van der Waals surface area contributed by atoms with Crippen LogP contribution in [0, 0.1) is 17.8 Å². The second-order valence-electron chi connectivity index (χ2n) is 8.95. The number of pyridine rings is 1. The molecule has 1 aromatic heterocycles. The van der Waals surface area contributed by atoms with Gasteiger partial charge in [-0.15, -0.1) is 0 Å². The highest BCUT2D eigenvalue weighted by Crippen LogP contribution is 2.51. The number of likely N-dealkylation sites (tertiary alicyclic amines) is 1. The number of hydrogen-bond acceptors (Lipinski definition) is 5. The predicted molar refractivity (Wildman–Crippen MR) is 110 cm³/mol. The van der Waals surface area contributed by atoms with E-state index in [4.69, 9.17) is 0 Å². The van der Waals surface area contributed by atoms with E-state index in [2.05, 4.69) is 11.1 Å². The van der Waals surface area contributed by atoms with Crippen LogP contribution >= 0.6 is 0 Å². The smallest absolute Gasteiger partial charge is 0.327 e. The summed E-state index contributed by atoms with van der Waals surface area (Å²) in [6, 6.07) is 3.37. The van der Waals surface area contributed by atoms with Gasteiger partial charge in [-0.3, -0.25) is 4.79 Å². The van der Waals surface area contributed by atoms with Crippen molar-refractivity contribution in [2.75, 3.05) is 35.3 Å². The lowest BCUT2D eigenvalue weighted by Gasteiger charge is -2.19. The van der Waals surface area contributed by atoms with Crippen LogP contribution in [0.15, 0.2) is 18.2 Å². The number of nitrogens with zero attached hydrogens (tertiary/aromatic N) is 4. The minimum Gasteiger partial charge on any atom is -0.384 e. The number of hydrogen-bond donors (Lipinski definition) is 1. The highest BCUT2D eigenvalue weighted by molar-refractivity contribution is 7.94. The van der Waals surface area contributed by atoms with E-state index in [0.29, 0.717) is 30.9 Å². The van der Waals surface area contributed by atoms with Crippen molar-refractivity contribution in [3.05, 3.63) is 23.9 Å². The molecule has 1 aromatic rings. The number of carbonyl (C=O) groups excluding carboxylic acids is 1. The van der Waals surface area contributed by atoms with Crippen molar-refractivity contribution in [2.45, 2.75) is 31.8 Å². The summed E-state index contributed by atoms with van der Waals surface area (Å²) in [6.45, 7) is 2.32. The van der Waals surface area contributed by atoms with Crippen LogP contribution in [0.1, 0.15) is 25.5 Å². The first-order valence-corrected chi connectivity index (χ1v) is 11.7. The van der Waals surface area contributed by atoms with Gasteiger partial charge >= 0.3 is 10.2 Å². The Morgan fingerprint density at radius 3 is 2.68 bits per heavy atom. The molecule has 11 heteroatoms. The number of alkyl halides is 2. The van der Waals surface area contributed by atoms with Crippen LogP contribution in [0.5, 0.6) is 0 Å². The van der Waals surface area contributed by atoms with Crippen LogP contribution in [0.25, 0.3) is 5.57 Å². The molecule has 31 heavy (non-hydrogen) atoms. The number of aliphatic hydroxyl groups excluding tert-OH is 1. The van der Waals surface area contributed by atoms with Crippen molar-refractivity contribution in [1.82, 2.24) is 9.88 Å². The molecular weight excluding hydrogens is 430 g/mol. The van der Waals surface area contributed by atoms with E-state index in [1.165, 1.54) is 14.0 Å². The molecule has 3 heterocycles. The summed E-state index contributed by atoms with van der Waals surface area (Å²) >= 11 is 0. The summed E-state index contributed by atoms with van der Waals surface area (Å²) in [5.41, 5.74) is 1.96. The molecule has 0 aromatic carbocycles. The van der Waals surface area contributed by atoms with E-state index in [1.807, 2.05) is 0 Å². The number of carbonyl (C=O) groups is 1. The molecule has 1 amide bonds. The number of fused-ring (bicyclic) bond motifs is 2. The molecule has 168 valence electrons. The van der Waals surface area contributed by atoms with Gasteiger partial charge in [-0.2, -0.15) is 8.42 Å². The monoisotopic (exact) mass is 454 g/mol. The summed E-state index contributed by atoms with van der Waals surface area (Å²) in [7, 11) is -2.54. The van der Waals surface area contributed by atoms with Crippen molar-refractivity contribution < 1.29 is 27.1 Å². The van der Waals surface area contributed by atoms with Crippen LogP contribution in [0.4, 0.5) is 20.3 Å². The lowest BCUT2D eigenvalue weighted by atomic mass is 9.99. The third-order valence-corrected chi connectivity index (χ3v) is 8.54. The van der Waals surface area contributed by atoms with Gasteiger partial charge in [0.2, 0.25) is 0 Å². The van der Waals surface area contributed by atoms with Crippen molar-refractivity contribution >= 4 is 33.2 Å². The summed E-state index contributed by atoms with van der Waals surface area (Å²) in [5, 5.41) is 9.52. The van der Waals surface area contributed by atoms with Crippen molar-refractivity contribution in [3.8, 4) is 0 Å². The summed E-state index contributed by atoms with van der Waals surface area (Å²) in [6.07, 6.45) is 1.46. The van der Waals surface area contributed by atoms with Gasteiger partial charge in [-0.05, 0) is 42.9 Å². The number of anilines is 2. The Hall–Kier alpha value is -2.27. The van der Waals surface area contributed by atoms with Crippen molar-refractivity contribution in [1.29, 1.82) is 0 Å². The van der Waals surface area contributed by atoms with Crippen molar-refractivity contribution in [2.24, 2.45) is 17.8 Å². The fraction of sp³-hybridized carbons (Fsp3) is 0.600. The topological polar surface area (TPSA) is 94.0 Å². The van der Waals surface area contributed by atoms with Gasteiger partial charge in [0.25, 0.3) is 11.8 Å². The molecule has 1 N–H and O–H groups in total. The van der Waals surface area contributed by atoms with Gasteiger partial charge < -0.3 is 10.0 Å². The maximum Gasteiger partial charge on any atom is 0.327 e. The first-order valence-electron chi connectivity index (χ1n) is 10.3. The lowest BCUT2D eigenvalue weighted by molar-refractivity contribution is -0.138. The first-order chi connectivity index (χ1) is 14.5. The molecule has 8 nitrogen and oxygen atoms in total. The van der Waals surface area contributed by atoms with E-state index in [1.54, 1.807) is 17.0 Å². The normalized spacial score (nSPS) is 30.8. The Morgan fingerprint density at radius 2 is 2.06 bits per heavy atom. The van der Waals surface area contributed by atoms with Crippen LogP contribution in [-0.4, -0.2) is 68.0 Å². The molecule has 4 aliphatic rings. The molecule has 1 saturated heterocycles. The number of amides is 1. The summed E-state index contributed by atoms with van der Waals surface area (Å²) < 4.78 is 54.4. The largest absolute Gasteiger partial charge is 0.384 e. The number of aromatic nitrogens is 1. The predicted octanol–water partition coefficient (Wildman–Crippen LogP) is 1.48. The molecule has 0 bridgehead atoms. The molecule has 0 spiro atoms. The number of halogens is 2. The fourth-order valence-electron chi connectivity index (χ4n) is 4.83. The van der Waals surface area contributed by atoms with Crippen LogP contribution in [-0.2, 0) is 15.0 Å². The van der Waals surface area contributed by atoms with Gasteiger partial charge in [-0.25, -0.2) is 22.4 Å². The Labute approximate surface area is 179 Å². The number of allylic oxidation sites excluding steroid dienone is 1. The third kappa shape index (κ3) is 3.20. The Balaban J connectivity index is 1.38. The van der Waals surface area contributed by atoms with Gasteiger partial charge in [0.05, 0.1) is 11.4 Å². The van der Waals surface area contributed by atoms with E-state index < -0.39 is 28.2 Å². The molecule has 0 radical (unpaired) electrons. The molecule has 2 aliphatic carbocycles. The van der Waals surface area contributed by atoms with E-state index in [-0.39, 0.29) is 36.5 Å². The maximum atomic E-state index is 13.4. The van der Waals surface area contributed by atoms with Gasteiger partial charge in [0.15, 0.2) is 5.82 Å². The lowest BCUT2D eigenvalue weighted by Crippen LogP contribution is -2.37. The van der Waals surface area contributed by atoms with E-state index in [0.717, 1.165) is 14.2 Å². The fourth-order valence-corrected chi connectivity index (χ4v) is 6.24. The minimum absolute atomic E-state index is 0.169. The van der Waals surface area contributed by atoms with Gasteiger partial charge in [0, 0.05) is 39.0 Å². The molecule has 2 fully saturated rings. The van der Waals surface area contributed by atoms with E-state index >= 15 is 0 Å². The average Bonchev–Trinajstić information content (AvgIpc) is 3.01. The zero-order valence-corrected chi connectivity index (χ0v) is 18.0. The standard InChI is InChI=1S/C20H24F2N4O4S/c1-11(27)19(28)25-8-13-5-12(6-14(13)9-25)16-3-4-17-18(23-16)24(2)31(29,30)26(17)10-15-7-20(15,21)22/h3-5,11,13-15,27H,6-10H2,1-2H3/t11-,13?,14?,15?/m1/s1. The van der Waals surface area contributed by atoms with E-state index in [9.17, 15) is 27.1 Å². The molecule has 1 saturated carbocycles. The SMILES string of the molecule is C[C@@H](O)C(=O)N1CC2C=C(c3ccc4c(n3)N(C)S(=O)(=O)N4CC3CC3(F)F)CC2C1. The molecule has 3 unspecified atom stereocenters. The molecule has 4 atom stereocenters. The zero-order valence-electron chi connectivity index (χ0n) is 17.2. The van der Waals surface area contributed by atoms with Crippen LogP contribution in [0.3, 0.4) is 0 Å². The van der Waals surface area contributed by atoms with Gasteiger partial charge in [-0.1, -0.05) is 6.08 Å². The molecule has 2 aliphatic heterocycles. The zero-order chi connectivity index (χ0) is 22.3. The average molecular weight is 454 g/mol. The second-order valence-corrected chi connectivity index (χ2v) is 10.8. The maximum absolute atomic E-state index is 13.4. The first kappa shape index (κ1) is 20.6. The Bertz CT molecular complexity index is 1090. The van der Waals surface area contributed by atoms with Crippen LogP contribution < -0.4 is 8.61 Å². The van der Waals surface area contributed by atoms with Crippen LogP contribution in [0.2, 0.25) is 0 Å². The van der Waals surface area contributed by atoms with Crippen molar-refractivity contribution in [3.63, 3.8) is 0 Å². The number of aliphatic hydroxyl groups is 1. The molecule has 5 rings (SSSR count). The highest BCUT2D eigenvalue weighted by atomic mass is 32.2. The Morgan fingerprint density at radius 1 is 1.35 bits per heavy atom. The quantitative estimate of drug-likeness (QED) is 0.744. The van der Waals surface area contributed by atoms with Gasteiger partial charge in [0.1, 0.15) is 6.10 Å². The molecular formula is C20H24F2N4O4S. The third-order valence-electron chi connectivity index (χ3n) is 6.78. The summed E-state index contributed by atoms with van der Waals surface area (Å²) in [5.74, 6) is -3.39. The Kier molecular flexibility index (Phi) is 4.40. The minimum atomic E-state index is -3.93. The highest BCUT2D eigenvalue weighted by Gasteiger charge is 2.59. The second kappa shape index (κ2) is 6.61.